The zero-order valence-electron chi connectivity index (χ0n) is 12.2. The lowest BCUT2D eigenvalue weighted by molar-refractivity contribution is 0.285. The summed E-state index contributed by atoms with van der Waals surface area (Å²) in [6.45, 7) is 8.38. The second kappa shape index (κ2) is 7.05. The second-order valence-electron chi connectivity index (χ2n) is 5.19. The molecule has 20 heavy (non-hydrogen) atoms. The van der Waals surface area contributed by atoms with Gasteiger partial charge in [-0.05, 0) is 30.2 Å². The van der Waals surface area contributed by atoms with E-state index in [-0.39, 0.29) is 0 Å². The highest BCUT2D eigenvalue weighted by Gasteiger charge is 2.03. The van der Waals surface area contributed by atoms with Gasteiger partial charge >= 0.3 is 0 Å². The summed E-state index contributed by atoms with van der Waals surface area (Å²) in [5, 5.41) is 7.19. The van der Waals surface area contributed by atoms with Crippen molar-refractivity contribution in [3.8, 4) is 5.75 Å². The van der Waals surface area contributed by atoms with E-state index in [4.69, 9.17) is 9.26 Å². The van der Waals surface area contributed by atoms with E-state index in [1.807, 2.05) is 12.1 Å². The molecule has 2 rings (SSSR count). The highest BCUT2D eigenvalue weighted by molar-refractivity contribution is 5.27. The summed E-state index contributed by atoms with van der Waals surface area (Å²) in [6, 6.07) is 8.03. The van der Waals surface area contributed by atoms with Crippen LogP contribution in [0.5, 0.6) is 5.75 Å². The maximum Gasteiger partial charge on any atom is 0.223 e. The molecule has 0 aliphatic carbocycles. The first-order chi connectivity index (χ1) is 9.63. The molecule has 5 nitrogen and oxygen atoms in total. The number of ether oxygens (including phenoxy) is 1. The highest BCUT2D eigenvalue weighted by Crippen LogP contribution is 2.13. The minimum absolute atomic E-state index is 0.322. The molecule has 0 amide bonds. The summed E-state index contributed by atoms with van der Waals surface area (Å²) in [5.41, 5.74) is 1.24. The van der Waals surface area contributed by atoms with E-state index in [0.717, 1.165) is 18.8 Å². The lowest BCUT2D eigenvalue weighted by Gasteiger charge is -2.08. The summed E-state index contributed by atoms with van der Waals surface area (Å²) in [4.78, 5) is 4.09. The van der Waals surface area contributed by atoms with E-state index >= 15 is 0 Å². The van der Waals surface area contributed by atoms with E-state index in [9.17, 15) is 0 Å². The van der Waals surface area contributed by atoms with Gasteiger partial charge in [-0.1, -0.05) is 31.1 Å². The van der Waals surface area contributed by atoms with Gasteiger partial charge in [-0.15, -0.1) is 0 Å². The largest absolute Gasteiger partial charge is 0.485 e. The number of nitrogens with one attached hydrogen (secondary N) is 1. The van der Waals surface area contributed by atoms with Crippen LogP contribution in [-0.2, 0) is 13.2 Å². The van der Waals surface area contributed by atoms with Crippen molar-refractivity contribution < 1.29 is 9.26 Å². The van der Waals surface area contributed by atoms with Gasteiger partial charge in [0, 0.05) is 13.5 Å². The van der Waals surface area contributed by atoms with E-state index in [1.165, 1.54) is 5.56 Å². The number of hydrogen-bond donors (Lipinski definition) is 1. The second-order valence-corrected chi connectivity index (χ2v) is 5.19. The van der Waals surface area contributed by atoms with Gasteiger partial charge in [-0.2, -0.15) is 4.98 Å². The maximum absolute atomic E-state index is 5.60. The van der Waals surface area contributed by atoms with Crippen molar-refractivity contribution in [1.82, 2.24) is 15.5 Å². The lowest BCUT2D eigenvalue weighted by Crippen LogP contribution is -2.18. The molecular weight excluding hydrogens is 254 g/mol. The molecule has 0 spiro atoms. The zero-order valence-corrected chi connectivity index (χ0v) is 12.2. The Balaban J connectivity index is 1.79. The third kappa shape index (κ3) is 4.66. The van der Waals surface area contributed by atoms with Crippen molar-refractivity contribution in [2.24, 2.45) is 5.92 Å². The smallest absolute Gasteiger partial charge is 0.223 e. The molecule has 108 valence electrons. The summed E-state index contributed by atoms with van der Waals surface area (Å²) < 4.78 is 10.5. The first-order valence-electron chi connectivity index (χ1n) is 6.85. The number of hydrogen-bond acceptors (Lipinski definition) is 5. The highest BCUT2D eigenvalue weighted by atomic mass is 16.5. The molecule has 0 atom stereocenters. The van der Waals surface area contributed by atoms with Crippen LogP contribution in [0.2, 0.25) is 0 Å². The molecule has 0 saturated carbocycles. The molecule has 2 aromatic rings. The fourth-order valence-corrected chi connectivity index (χ4v) is 1.76. The Morgan fingerprint density at radius 2 is 2.00 bits per heavy atom. The van der Waals surface area contributed by atoms with Gasteiger partial charge in [-0.25, -0.2) is 0 Å². The Morgan fingerprint density at radius 1 is 1.25 bits per heavy atom. The Bertz CT molecular complexity index is 520. The molecular formula is C15H21N3O2. The van der Waals surface area contributed by atoms with Crippen LogP contribution in [0.15, 0.2) is 28.8 Å². The van der Waals surface area contributed by atoms with Gasteiger partial charge in [0.1, 0.15) is 5.75 Å². The van der Waals surface area contributed by atoms with Crippen molar-refractivity contribution in [2.75, 3.05) is 6.54 Å². The molecule has 1 aromatic heterocycles. The number of aromatic nitrogens is 2. The van der Waals surface area contributed by atoms with Gasteiger partial charge in [0.15, 0.2) is 6.61 Å². The normalized spacial score (nSPS) is 11.0. The minimum Gasteiger partial charge on any atom is -0.485 e. The molecule has 0 aliphatic rings. The van der Waals surface area contributed by atoms with Gasteiger partial charge in [0.2, 0.25) is 11.7 Å². The molecule has 1 heterocycles. The average Bonchev–Trinajstić information content (AvgIpc) is 2.83. The number of benzene rings is 1. The Hall–Kier alpha value is -1.88. The quantitative estimate of drug-likeness (QED) is 0.842. The first-order valence-corrected chi connectivity index (χ1v) is 6.85. The minimum atomic E-state index is 0.322. The third-order valence-corrected chi connectivity index (χ3v) is 2.74. The van der Waals surface area contributed by atoms with Crippen molar-refractivity contribution >= 4 is 0 Å². The number of nitrogens with zero attached hydrogens (tertiary/aromatic N) is 2. The van der Waals surface area contributed by atoms with Crippen LogP contribution in [-0.4, -0.2) is 16.7 Å². The van der Waals surface area contributed by atoms with Crippen molar-refractivity contribution in [3.05, 3.63) is 41.5 Å². The summed E-state index contributed by atoms with van der Waals surface area (Å²) >= 11 is 0. The Labute approximate surface area is 119 Å². The number of aryl methyl sites for hydroxylation is 1. The van der Waals surface area contributed by atoms with E-state index in [2.05, 4.69) is 41.4 Å². The van der Waals surface area contributed by atoms with Gasteiger partial charge < -0.3 is 14.6 Å². The fraction of sp³-hybridized carbons (Fsp3) is 0.467. The molecule has 0 unspecified atom stereocenters. The predicted molar refractivity (Wildman–Crippen MR) is 76.4 cm³/mol. The summed E-state index contributed by atoms with van der Waals surface area (Å²) in [7, 11) is 0. The Kier molecular flexibility index (Phi) is 5.12. The third-order valence-electron chi connectivity index (χ3n) is 2.74. The molecule has 0 bridgehead atoms. The molecule has 1 aromatic carbocycles. The fourth-order valence-electron chi connectivity index (χ4n) is 1.76. The molecule has 5 heteroatoms. The predicted octanol–water partition coefficient (Wildman–Crippen LogP) is 2.70. The van der Waals surface area contributed by atoms with Crippen molar-refractivity contribution in [1.29, 1.82) is 0 Å². The standard InChI is InChI=1S/C15H21N3O2/c1-11(2)8-16-9-13-4-6-14(7-5-13)19-10-15-17-12(3)20-18-15/h4-7,11,16H,8-10H2,1-3H3. The van der Waals surface area contributed by atoms with Crippen LogP contribution in [0, 0.1) is 12.8 Å². The van der Waals surface area contributed by atoms with Gasteiger partial charge in [0.25, 0.3) is 0 Å². The van der Waals surface area contributed by atoms with Gasteiger partial charge in [-0.3, -0.25) is 0 Å². The van der Waals surface area contributed by atoms with Gasteiger partial charge in [0.05, 0.1) is 0 Å². The zero-order chi connectivity index (χ0) is 14.4. The Morgan fingerprint density at radius 3 is 2.60 bits per heavy atom. The van der Waals surface area contributed by atoms with Crippen molar-refractivity contribution in [2.45, 2.75) is 33.9 Å². The van der Waals surface area contributed by atoms with Crippen LogP contribution in [0.4, 0.5) is 0 Å². The maximum atomic E-state index is 5.60. The number of rotatable bonds is 7. The molecule has 1 N–H and O–H groups in total. The SMILES string of the molecule is Cc1nc(COc2ccc(CNCC(C)C)cc2)no1. The van der Waals surface area contributed by atoms with Crippen LogP contribution in [0.1, 0.15) is 31.1 Å². The topological polar surface area (TPSA) is 60.2 Å². The van der Waals surface area contributed by atoms with Crippen molar-refractivity contribution in [3.63, 3.8) is 0 Å². The summed E-state index contributed by atoms with van der Waals surface area (Å²) in [5.74, 6) is 2.58. The van der Waals surface area contributed by atoms with Crippen LogP contribution < -0.4 is 10.1 Å². The summed E-state index contributed by atoms with van der Waals surface area (Å²) in [6.07, 6.45) is 0. The molecule has 0 fully saturated rings. The van der Waals surface area contributed by atoms with E-state index in [0.29, 0.717) is 24.2 Å². The monoisotopic (exact) mass is 275 g/mol. The van der Waals surface area contributed by atoms with Crippen LogP contribution in [0.25, 0.3) is 0 Å². The average molecular weight is 275 g/mol. The van der Waals surface area contributed by atoms with Crippen LogP contribution >= 0.6 is 0 Å². The van der Waals surface area contributed by atoms with E-state index < -0.39 is 0 Å². The lowest BCUT2D eigenvalue weighted by atomic mass is 10.2. The van der Waals surface area contributed by atoms with E-state index in [1.54, 1.807) is 6.92 Å². The molecule has 0 saturated heterocycles. The molecule has 0 radical (unpaired) electrons. The first kappa shape index (κ1) is 14.5. The molecule has 0 aliphatic heterocycles. The van der Waals surface area contributed by atoms with Crippen LogP contribution in [0.3, 0.4) is 0 Å².